The van der Waals surface area contributed by atoms with Crippen molar-refractivity contribution in [2.45, 2.75) is 25.8 Å². The summed E-state index contributed by atoms with van der Waals surface area (Å²) >= 11 is 0. The van der Waals surface area contributed by atoms with Crippen LogP contribution in [0.5, 0.6) is 0 Å². The van der Waals surface area contributed by atoms with Crippen LogP contribution in [0.15, 0.2) is 24.3 Å². The second-order valence-electron chi connectivity index (χ2n) is 4.85. The number of nitrogens with one attached hydrogen (secondary N) is 1. The third-order valence-corrected chi connectivity index (χ3v) is 3.29. The zero-order chi connectivity index (χ0) is 12.7. The van der Waals surface area contributed by atoms with Crippen LogP contribution in [0, 0.1) is 5.41 Å². The van der Waals surface area contributed by atoms with Gasteiger partial charge in [0.2, 0.25) is 0 Å². The molecule has 1 heterocycles. The molecule has 1 aliphatic rings. The van der Waals surface area contributed by atoms with Gasteiger partial charge in [0.15, 0.2) is 0 Å². The summed E-state index contributed by atoms with van der Waals surface area (Å²) in [4.78, 5) is 4.79. The molecule has 1 fully saturated rings. The predicted molar refractivity (Wildman–Crippen MR) is 74.8 cm³/mol. The van der Waals surface area contributed by atoms with Gasteiger partial charge >= 0.3 is 0 Å². The fourth-order valence-electron chi connectivity index (χ4n) is 2.18. The van der Waals surface area contributed by atoms with Gasteiger partial charge in [-0.2, -0.15) is 0 Å². The van der Waals surface area contributed by atoms with Crippen LogP contribution in [0.1, 0.15) is 19.8 Å². The lowest BCUT2D eigenvalue weighted by atomic mass is 10.0. The molecule has 17 heavy (non-hydrogen) atoms. The highest BCUT2D eigenvalue weighted by Gasteiger charge is 2.19. The van der Waals surface area contributed by atoms with E-state index in [9.17, 15) is 0 Å². The lowest BCUT2D eigenvalue weighted by Gasteiger charge is -2.34. The van der Waals surface area contributed by atoms with Gasteiger partial charge in [0.25, 0.3) is 0 Å². The highest BCUT2D eigenvalue weighted by Crippen LogP contribution is 2.13. The lowest BCUT2D eigenvalue weighted by Crippen LogP contribution is -2.41. The summed E-state index contributed by atoms with van der Waals surface area (Å²) in [6, 6.07) is 0.747. The molecule has 1 rings (SSSR count). The van der Waals surface area contributed by atoms with E-state index in [1.54, 1.807) is 0 Å². The Kier molecular flexibility index (Phi) is 6.16. The molecular weight excluding hydrogens is 210 g/mol. The Balaban J connectivity index is 2.24. The van der Waals surface area contributed by atoms with Gasteiger partial charge in [-0.3, -0.25) is 4.90 Å². The Morgan fingerprint density at radius 3 is 2.47 bits per heavy atom. The third-order valence-electron chi connectivity index (χ3n) is 3.29. The predicted octanol–water partition coefficient (Wildman–Crippen LogP) is 2.16. The molecule has 0 atom stereocenters. The van der Waals surface area contributed by atoms with E-state index in [1.807, 2.05) is 25.2 Å². The maximum absolute atomic E-state index is 7.60. The number of nitrogens with zero attached hydrogens (tertiary/aromatic N) is 2. The van der Waals surface area contributed by atoms with Crippen LogP contribution >= 0.6 is 0 Å². The molecular formula is C14H25N3. The van der Waals surface area contributed by atoms with Gasteiger partial charge in [-0.1, -0.05) is 12.2 Å². The first-order chi connectivity index (χ1) is 8.13. The van der Waals surface area contributed by atoms with Crippen molar-refractivity contribution >= 4 is 5.71 Å². The minimum absolute atomic E-state index is 0.579. The molecule has 1 saturated heterocycles. The molecule has 0 aromatic carbocycles. The average Bonchev–Trinajstić information content (AvgIpc) is 2.30. The molecule has 0 aromatic heterocycles. The second-order valence-corrected chi connectivity index (χ2v) is 4.85. The number of piperidine rings is 1. The van der Waals surface area contributed by atoms with Crippen LogP contribution in [0.3, 0.4) is 0 Å². The maximum atomic E-state index is 7.60. The smallest absolute Gasteiger partial charge is 0.0533 e. The molecule has 0 spiro atoms. The number of hydrogen-bond acceptors (Lipinski definition) is 3. The zero-order valence-corrected chi connectivity index (χ0v) is 11.3. The highest BCUT2D eigenvalue weighted by atomic mass is 15.2. The number of hydrogen-bond donors (Lipinski definition) is 1. The van der Waals surface area contributed by atoms with Crippen LogP contribution in [0.4, 0.5) is 0 Å². The van der Waals surface area contributed by atoms with E-state index >= 15 is 0 Å². The number of rotatable bonds is 5. The molecule has 0 unspecified atom stereocenters. The molecule has 1 aliphatic heterocycles. The van der Waals surface area contributed by atoms with Gasteiger partial charge in [0.05, 0.1) is 5.71 Å². The van der Waals surface area contributed by atoms with Gasteiger partial charge in [-0.05, 0) is 59.1 Å². The Hall–Kier alpha value is -0.930. The third kappa shape index (κ3) is 5.29. The van der Waals surface area contributed by atoms with E-state index in [0.717, 1.165) is 12.6 Å². The van der Waals surface area contributed by atoms with Crippen LogP contribution in [0.25, 0.3) is 0 Å². The van der Waals surface area contributed by atoms with Crippen molar-refractivity contribution in [3.63, 3.8) is 0 Å². The van der Waals surface area contributed by atoms with E-state index in [1.165, 1.54) is 25.9 Å². The lowest BCUT2D eigenvalue weighted by molar-refractivity contribution is 0.155. The molecule has 96 valence electrons. The first-order valence-electron chi connectivity index (χ1n) is 6.40. The van der Waals surface area contributed by atoms with Crippen molar-refractivity contribution in [3.05, 3.63) is 24.3 Å². The fraction of sp³-hybridized carbons (Fsp3) is 0.643. The van der Waals surface area contributed by atoms with E-state index in [4.69, 9.17) is 5.41 Å². The van der Waals surface area contributed by atoms with Crippen LogP contribution in [-0.2, 0) is 0 Å². The monoisotopic (exact) mass is 235 g/mol. The minimum atomic E-state index is 0.579. The van der Waals surface area contributed by atoms with Crippen LogP contribution < -0.4 is 0 Å². The molecule has 0 radical (unpaired) electrons. The summed E-state index contributed by atoms with van der Waals surface area (Å²) in [7, 11) is 4.33. The summed E-state index contributed by atoms with van der Waals surface area (Å²) < 4.78 is 0. The Morgan fingerprint density at radius 1 is 1.29 bits per heavy atom. The SMILES string of the molecule is C/C=C\C(=N)/C=C\CN1CCC(N(C)C)CC1. The first kappa shape index (κ1) is 14.1. The molecule has 0 aromatic rings. The molecule has 0 bridgehead atoms. The van der Waals surface area contributed by atoms with Gasteiger partial charge in [0, 0.05) is 12.6 Å². The van der Waals surface area contributed by atoms with Crippen molar-refractivity contribution in [1.82, 2.24) is 9.80 Å². The topological polar surface area (TPSA) is 30.3 Å². The van der Waals surface area contributed by atoms with E-state index in [0.29, 0.717) is 5.71 Å². The van der Waals surface area contributed by atoms with Crippen molar-refractivity contribution in [3.8, 4) is 0 Å². The fourth-order valence-corrected chi connectivity index (χ4v) is 2.18. The van der Waals surface area contributed by atoms with Gasteiger partial charge in [-0.15, -0.1) is 0 Å². The molecule has 3 nitrogen and oxygen atoms in total. The summed E-state index contributed by atoms with van der Waals surface area (Å²) in [6.07, 6.45) is 10.2. The van der Waals surface area contributed by atoms with Crippen molar-refractivity contribution in [2.75, 3.05) is 33.7 Å². The summed E-state index contributed by atoms with van der Waals surface area (Å²) in [6.45, 7) is 5.25. The van der Waals surface area contributed by atoms with Crippen LogP contribution in [-0.4, -0.2) is 55.3 Å². The van der Waals surface area contributed by atoms with E-state index in [2.05, 4.69) is 30.0 Å². The highest BCUT2D eigenvalue weighted by molar-refractivity contribution is 6.01. The first-order valence-corrected chi connectivity index (χ1v) is 6.40. The minimum Gasteiger partial charge on any atom is -0.306 e. The molecule has 0 amide bonds. The summed E-state index contributed by atoms with van der Waals surface area (Å²) in [5, 5.41) is 7.60. The van der Waals surface area contributed by atoms with E-state index in [-0.39, 0.29) is 0 Å². The molecule has 0 saturated carbocycles. The maximum Gasteiger partial charge on any atom is 0.0533 e. The zero-order valence-electron chi connectivity index (χ0n) is 11.3. The number of likely N-dealkylation sites (tertiary alicyclic amines) is 1. The molecule has 3 heteroatoms. The average molecular weight is 235 g/mol. The van der Waals surface area contributed by atoms with Crippen molar-refractivity contribution in [1.29, 1.82) is 5.41 Å². The Labute approximate surface area is 105 Å². The van der Waals surface area contributed by atoms with Gasteiger partial charge in [-0.25, -0.2) is 0 Å². The summed E-state index contributed by atoms with van der Waals surface area (Å²) in [5.41, 5.74) is 0.579. The Morgan fingerprint density at radius 2 is 1.94 bits per heavy atom. The quantitative estimate of drug-likeness (QED) is 0.740. The number of allylic oxidation sites excluding steroid dienone is 3. The van der Waals surface area contributed by atoms with Crippen LogP contribution in [0.2, 0.25) is 0 Å². The van der Waals surface area contributed by atoms with E-state index < -0.39 is 0 Å². The molecule has 0 aliphatic carbocycles. The summed E-state index contributed by atoms with van der Waals surface area (Å²) in [5.74, 6) is 0. The standard InChI is InChI=1S/C14H25N3/c1-4-6-13(15)7-5-10-17-11-8-14(9-12-17)16(2)3/h4-7,14-15H,8-12H2,1-3H3/b6-4-,7-5-,15-13?. The van der Waals surface area contributed by atoms with Crippen molar-refractivity contribution in [2.24, 2.45) is 0 Å². The molecule has 1 N–H and O–H groups in total. The second kappa shape index (κ2) is 7.41. The van der Waals surface area contributed by atoms with Gasteiger partial charge < -0.3 is 10.3 Å². The van der Waals surface area contributed by atoms with Gasteiger partial charge in [0.1, 0.15) is 0 Å². The largest absolute Gasteiger partial charge is 0.306 e. The normalized spacial score (nSPS) is 19.8. The van der Waals surface area contributed by atoms with Crippen molar-refractivity contribution < 1.29 is 0 Å². The Bertz CT molecular complexity index is 284.